The van der Waals surface area contributed by atoms with Crippen LogP contribution < -0.4 is 15.8 Å². The van der Waals surface area contributed by atoms with Crippen LogP contribution in [0, 0.1) is 5.92 Å². The van der Waals surface area contributed by atoms with Crippen molar-refractivity contribution in [3.8, 4) is 5.75 Å². The number of carbonyl (C=O) groups excluding carboxylic acids is 1. The number of nitrogens with zero attached hydrogens (tertiary/aromatic N) is 1. The average Bonchev–Trinajstić information content (AvgIpc) is 3.53. The number of ether oxygens (including phenoxy) is 2. The first kappa shape index (κ1) is 34.1. The van der Waals surface area contributed by atoms with Crippen LogP contribution in [0.4, 0.5) is 0 Å². The van der Waals surface area contributed by atoms with Crippen LogP contribution in [0.25, 0.3) is 0 Å². The van der Waals surface area contributed by atoms with Gasteiger partial charge in [-0.05, 0) is 73.6 Å². The monoisotopic (exact) mass is 627 g/mol. The van der Waals surface area contributed by atoms with E-state index < -0.39 is 17.3 Å². The Labute approximate surface area is 275 Å². The van der Waals surface area contributed by atoms with Gasteiger partial charge in [0.25, 0.3) is 0 Å². The number of unbranched alkanes of at least 4 members (excludes halogenated alkanes) is 6. The highest BCUT2D eigenvalue weighted by Gasteiger charge is 2.49. The van der Waals surface area contributed by atoms with E-state index in [0.717, 1.165) is 67.0 Å². The summed E-state index contributed by atoms with van der Waals surface area (Å²) in [5.41, 5.74) is 9.31. The molecule has 0 bridgehead atoms. The molecule has 3 aromatic carbocycles. The van der Waals surface area contributed by atoms with Gasteiger partial charge in [0.2, 0.25) is 11.7 Å². The molecular formula is C39H53N3O4. The lowest BCUT2D eigenvalue weighted by molar-refractivity contribution is -0.180. The topological polar surface area (TPSA) is 97.0 Å². The zero-order chi connectivity index (χ0) is 32.4. The fourth-order valence-electron chi connectivity index (χ4n) is 7.31. The number of benzene rings is 3. The van der Waals surface area contributed by atoms with Crippen LogP contribution in [0.3, 0.4) is 0 Å². The van der Waals surface area contributed by atoms with Crippen LogP contribution in [0.1, 0.15) is 93.6 Å². The van der Waals surface area contributed by atoms with Crippen LogP contribution in [-0.4, -0.2) is 54.4 Å². The molecular weight excluding hydrogens is 574 g/mol. The minimum atomic E-state index is -0.812. The van der Waals surface area contributed by atoms with Gasteiger partial charge < -0.3 is 30.5 Å². The van der Waals surface area contributed by atoms with E-state index >= 15 is 0 Å². The second kappa shape index (κ2) is 16.1. The molecule has 1 saturated heterocycles. The SMILES string of the molecule is CC1(C)OCc2cc(C(O)CNCCCCCCCCCN3CCC(C(C(N)=O)(c4ccccc4)c4ccccc4)C3)ccc2O1. The van der Waals surface area contributed by atoms with Crippen molar-refractivity contribution < 1.29 is 19.4 Å². The summed E-state index contributed by atoms with van der Waals surface area (Å²) in [6.45, 7) is 8.74. The van der Waals surface area contributed by atoms with Crippen LogP contribution in [0.15, 0.2) is 78.9 Å². The van der Waals surface area contributed by atoms with Gasteiger partial charge in [0.1, 0.15) is 11.2 Å². The number of nitrogens with two attached hydrogens (primary N) is 1. The first-order valence-corrected chi connectivity index (χ1v) is 17.3. The van der Waals surface area contributed by atoms with Gasteiger partial charge in [-0.25, -0.2) is 0 Å². The molecule has 4 N–H and O–H groups in total. The summed E-state index contributed by atoms with van der Waals surface area (Å²) in [5.74, 6) is 0.118. The van der Waals surface area contributed by atoms with E-state index in [9.17, 15) is 9.90 Å². The normalized spacial score (nSPS) is 18.5. The van der Waals surface area contributed by atoms with Crippen molar-refractivity contribution in [2.24, 2.45) is 11.7 Å². The van der Waals surface area contributed by atoms with E-state index in [-0.39, 0.29) is 11.8 Å². The van der Waals surface area contributed by atoms with Crippen LogP contribution in [0.5, 0.6) is 5.75 Å². The van der Waals surface area contributed by atoms with Gasteiger partial charge in [-0.2, -0.15) is 0 Å². The summed E-state index contributed by atoms with van der Waals surface area (Å²) in [6.07, 6.45) is 8.92. The van der Waals surface area contributed by atoms with Gasteiger partial charge in [0, 0.05) is 32.5 Å². The Morgan fingerprint density at radius 2 is 1.59 bits per heavy atom. The zero-order valence-electron chi connectivity index (χ0n) is 27.8. The van der Waals surface area contributed by atoms with Crippen LogP contribution in [-0.2, 0) is 21.6 Å². The van der Waals surface area contributed by atoms with Crippen molar-refractivity contribution >= 4 is 5.91 Å². The number of hydrogen-bond donors (Lipinski definition) is 3. The third kappa shape index (κ3) is 8.37. The molecule has 0 aromatic heterocycles. The van der Waals surface area contributed by atoms with Crippen molar-refractivity contribution in [2.75, 3.05) is 32.7 Å². The summed E-state index contributed by atoms with van der Waals surface area (Å²) in [7, 11) is 0. The van der Waals surface area contributed by atoms with E-state index in [1.54, 1.807) is 0 Å². The Hall–Kier alpha value is -3.23. The summed E-state index contributed by atoms with van der Waals surface area (Å²) in [5, 5.41) is 14.1. The first-order chi connectivity index (χ1) is 22.3. The maximum Gasteiger partial charge on any atom is 0.232 e. The van der Waals surface area contributed by atoms with E-state index in [1.165, 1.54) is 38.5 Å². The summed E-state index contributed by atoms with van der Waals surface area (Å²) >= 11 is 0. The highest BCUT2D eigenvalue weighted by atomic mass is 16.7. The van der Waals surface area contributed by atoms with E-state index in [0.29, 0.717) is 13.2 Å². The lowest BCUT2D eigenvalue weighted by atomic mass is 9.64. The molecule has 2 aliphatic rings. The average molecular weight is 628 g/mol. The highest BCUT2D eigenvalue weighted by molar-refractivity contribution is 5.91. The second-order valence-electron chi connectivity index (χ2n) is 13.5. The zero-order valence-corrected chi connectivity index (χ0v) is 27.8. The summed E-state index contributed by atoms with van der Waals surface area (Å²) in [6, 6.07) is 26.1. The van der Waals surface area contributed by atoms with Crippen molar-refractivity contribution in [3.05, 3.63) is 101 Å². The maximum absolute atomic E-state index is 13.3. The van der Waals surface area contributed by atoms with Crippen LogP contribution in [0.2, 0.25) is 0 Å². The van der Waals surface area contributed by atoms with Gasteiger partial charge in [-0.15, -0.1) is 0 Å². The number of rotatable bonds is 17. The first-order valence-electron chi connectivity index (χ1n) is 17.3. The van der Waals surface area contributed by atoms with Gasteiger partial charge in [0.05, 0.1) is 12.7 Å². The molecule has 0 radical (unpaired) electrons. The molecule has 0 saturated carbocycles. The molecule has 2 heterocycles. The highest BCUT2D eigenvalue weighted by Crippen LogP contribution is 2.43. The number of hydrogen-bond acceptors (Lipinski definition) is 6. The molecule has 2 aliphatic heterocycles. The Bertz CT molecular complexity index is 1340. The van der Waals surface area contributed by atoms with Crippen molar-refractivity contribution in [2.45, 2.75) is 89.1 Å². The standard InChI is InChI=1S/C39H53N3O4/c1-38(2)45-29-31-26-30(20-21-36(31)46-38)35(43)27-41-23-14-6-4-3-5-7-15-24-42-25-22-34(28-42)39(37(40)44,32-16-10-8-11-17-32)33-18-12-9-13-19-33/h8-13,16-21,26,34-35,41,43H,3-7,14-15,22-25,27-29H2,1-2H3,(H2,40,44). The Morgan fingerprint density at radius 3 is 2.24 bits per heavy atom. The third-order valence-corrected chi connectivity index (χ3v) is 9.80. The van der Waals surface area contributed by atoms with E-state index in [2.05, 4.69) is 34.5 Å². The summed E-state index contributed by atoms with van der Waals surface area (Å²) in [4.78, 5) is 15.8. The molecule has 1 amide bonds. The molecule has 2 atom stereocenters. The fourth-order valence-corrected chi connectivity index (χ4v) is 7.31. The van der Waals surface area contributed by atoms with Crippen molar-refractivity contribution in [3.63, 3.8) is 0 Å². The maximum atomic E-state index is 13.3. The molecule has 0 spiro atoms. The Morgan fingerprint density at radius 1 is 0.957 bits per heavy atom. The third-order valence-electron chi connectivity index (χ3n) is 9.80. The predicted octanol–water partition coefficient (Wildman–Crippen LogP) is 6.48. The predicted molar refractivity (Wildman–Crippen MR) is 183 cm³/mol. The molecule has 46 heavy (non-hydrogen) atoms. The van der Waals surface area contributed by atoms with Gasteiger partial charge in [-0.1, -0.05) is 98.8 Å². The largest absolute Gasteiger partial charge is 0.463 e. The smallest absolute Gasteiger partial charge is 0.232 e. The van der Waals surface area contributed by atoms with Gasteiger partial charge in [-0.3, -0.25) is 4.79 Å². The number of primary amides is 1. The Kier molecular flexibility index (Phi) is 11.9. The lowest BCUT2D eigenvalue weighted by Gasteiger charge is -2.37. The molecule has 7 nitrogen and oxygen atoms in total. The minimum absolute atomic E-state index is 0.152. The molecule has 3 aromatic rings. The quantitative estimate of drug-likeness (QED) is 0.148. The number of fused-ring (bicyclic) bond motifs is 1. The second-order valence-corrected chi connectivity index (χ2v) is 13.5. The van der Waals surface area contributed by atoms with E-state index in [4.69, 9.17) is 15.2 Å². The van der Waals surface area contributed by atoms with Gasteiger partial charge >= 0.3 is 0 Å². The number of amides is 1. The number of aliphatic hydroxyl groups is 1. The molecule has 2 unspecified atom stereocenters. The number of likely N-dealkylation sites (tertiary alicyclic amines) is 1. The molecule has 0 aliphatic carbocycles. The van der Waals surface area contributed by atoms with Crippen LogP contribution >= 0.6 is 0 Å². The lowest BCUT2D eigenvalue weighted by Crippen LogP contribution is -2.49. The summed E-state index contributed by atoms with van der Waals surface area (Å²) < 4.78 is 11.6. The van der Waals surface area contributed by atoms with Crippen molar-refractivity contribution in [1.29, 1.82) is 0 Å². The molecule has 1 fully saturated rings. The molecule has 248 valence electrons. The van der Waals surface area contributed by atoms with Crippen molar-refractivity contribution in [1.82, 2.24) is 10.2 Å². The molecule has 7 heteroatoms. The minimum Gasteiger partial charge on any atom is -0.463 e. The van der Waals surface area contributed by atoms with E-state index in [1.807, 2.05) is 68.4 Å². The van der Waals surface area contributed by atoms with Gasteiger partial charge in [0.15, 0.2) is 0 Å². The number of aliphatic hydroxyl groups excluding tert-OH is 1. The Balaban J connectivity index is 0.954. The fraction of sp³-hybridized carbons (Fsp3) is 0.513. The molecule has 5 rings (SSSR count). The number of nitrogens with one attached hydrogen (secondary N) is 1. The number of carbonyl (C=O) groups is 1.